The van der Waals surface area contributed by atoms with Crippen molar-refractivity contribution in [2.24, 2.45) is 5.73 Å². The normalized spacial score (nSPS) is 12.7. The van der Waals surface area contributed by atoms with Crippen LogP contribution in [0.5, 0.6) is 0 Å². The van der Waals surface area contributed by atoms with E-state index in [2.05, 4.69) is 4.74 Å². The van der Waals surface area contributed by atoms with Gasteiger partial charge in [-0.2, -0.15) is 0 Å². The van der Waals surface area contributed by atoms with E-state index in [9.17, 15) is 4.79 Å². The van der Waals surface area contributed by atoms with Crippen molar-refractivity contribution in [1.82, 2.24) is 0 Å². The molecule has 0 unspecified atom stereocenters. The molecule has 60 valence electrons. The van der Waals surface area contributed by atoms with Gasteiger partial charge in [0.25, 0.3) is 0 Å². The standard InChI is InChI=1S/C5H11NO2S2/c1-8-5(7)4(6)3-10-9-2/h4H,3,6H2,1-2H3/t4-/m1/s1. The van der Waals surface area contributed by atoms with E-state index in [0.717, 1.165) is 0 Å². The molecule has 0 spiro atoms. The molecule has 0 heterocycles. The second kappa shape index (κ2) is 5.88. The van der Waals surface area contributed by atoms with Crippen LogP contribution < -0.4 is 5.73 Å². The van der Waals surface area contributed by atoms with Crippen molar-refractivity contribution in [1.29, 1.82) is 0 Å². The van der Waals surface area contributed by atoms with Gasteiger partial charge in [-0.15, -0.1) is 0 Å². The van der Waals surface area contributed by atoms with Gasteiger partial charge in [0.1, 0.15) is 6.04 Å². The molecule has 2 N–H and O–H groups in total. The summed E-state index contributed by atoms with van der Waals surface area (Å²) in [6.07, 6.45) is 1.94. The van der Waals surface area contributed by atoms with Gasteiger partial charge in [-0.1, -0.05) is 21.6 Å². The molecule has 0 aliphatic carbocycles. The largest absolute Gasteiger partial charge is 0.468 e. The predicted molar refractivity (Wildman–Crippen MR) is 46.0 cm³/mol. The van der Waals surface area contributed by atoms with Crippen LogP contribution in [0.4, 0.5) is 0 Å². The van der Waals surface area contributed by atoms with Crippen LogP contribution in [0.3, 0.4) is 0 Å². The van der Waals surface area contributed by atoms with Gasteiger partial charge in [0.15, 0.2) is 0 Å². The van der Waals surface area contributed by atoms with Gasteiger partial charge in [-0.3, -0.25) is 4.79 Å². The lowest BCUT2D eigenvalue weighted by molar-refractivity contribution is -0.141. The SMILES string of the molecule is COC(=O)[C@H](N)CSSC. The minimum atomic E-state index is -0.484. The fraction of sp³-hybridized carbons (Fsp3) is 0.800. The minimum Gasteiger partial charge on any atom is -0.468 e. The smallest absolute Gasteiger partial charge is 0.323 e. The summed E-state index contributed by atoms with van der Waals surface area (Å²) in [6, 6.07) is -0.484. The first-order valence-electron chi connectivity index (χ1n) is 2.71. The third-order valence-electron chi connectivity index (χ3n) is 0.869. The maximum absolute atomic E-state index is 10.6. The Kier molecular flexibility index (Phi) is 5.96. The molecule has 0 aliphatic heterocycles. The summed E-state index contributed by atoms with van der Waals surface area (Å²) in [5.41, 5.74) is 5.41. The molecule has 0 amide bonds. The fourth-order valence-electron chi connectivity index (χ4n) is 0.361. The first kappa shape index (κ1) is 10.1. The lowest BCUT2D eigenvalue weighted by Gasteiger charge is -2.05. The van der Waals surface area contributed by atoms with E-state index in [1.54, 1.807) is 21.6 Å². The van der Waals surface area contributed by atoms with Crippen molar-refractivity contribution < 1.29 is 9.53 Å². The lowest BCUT2D eigenvalue weighted by atomic mass is 10.4. The molecule has 3 nitrogen and oxygen atoms in total. The summed E-state index contributed by atoms with van der Waals surface area (Å²) in [4.78, 5) is 10.6. The first-order chi connectivity index (χ1) is 4.72. The quantitative estimate of drug-likeness (QED) is 0.505. The minimum absolute atomic E-state index is 0.346. The van der Waals surface area contributed by atoms with Crippen molar-refractivity contribution in [2.45, 2.75) is 6.04 Å². The Labute approximate surface area is 68.5 Å². The maximum atomic E-state index is 10.6. The number of rotatable bonds is 4. The van der Waals surface area contributed by atoms with Crippen molar-refractivity contribution in [3.63, 3.8) is 0 Å². The predicted octanol–water partition coefficient (Wildman–Crippen LogP) is 0.498. The number of carbonyl (C=O) groups excluding carboxylic acids is 1. The third kappa shape index (κ3) is 4.03. The van der Waals surface area contributed by atoms with Crippen LogP contribution in [0.2, 0.25) is 0 Å². The third-order valence-corrected chi connectivity index (χ3v) is 2.72. The van der Waals surface area contributed by atoms with Gasteiger partial charge in [0.2, 0.25) is 0 Å². The fourth-order valence-corrected chi connectivity index (χ4v) is 1.63. The van der Waals surface area contributed by atoms with Crippen molar-refractivity contribution in [3.05, 3.63) is 0 Å². The second-order valence-electron chi connectivity index (χ2n) is 1.58. The molecule has 0 radical (unpaired) electrons. The molecule has 0 saturated heterocycles. The summed E-state index contributed by atoms with van der Waals surface area (Å²) < 4.78 is 4.42. The molecule has 0 fully saturated rings. The average Bonchev–Trinajstić information content (AvgIpc) is 1.98. The van der Waals surface area contributed by atoms with E-state index in [1.807, 2.05) is 6.26 Å². The van der Waals surface area contributed by atoms with Crippen LogP contribution in [-0.4, -0.2) is 31.1 Å². The molecule has 0 aromatic heterocycles. The van der Waals surface area contributed by atoms with Crippen LogP contribution in [0.1, 0.15) is 0 Å². The average molecular weight is 181 g/mol. The van der Waals surface area contributed by atoms with Crippen LogP contribution in [0.25, 0.3) is 0 Å². The van der Waals surface area contributed by atoms with E-state index < -0.39 is 6.04 Å². The van der Waals surface area contributed by atoms with E-state index in [4.69, 9.17) is 5.73 Å². The van der Waals surface area contributed by atoms with Crippen molar-refractivity contribution >= 4 is 27.6 Å². The van der Waals surface area contributed by atoms with E-state index in [1.165, 1.54) is 7.11 Å². The zero-order valence-corrected chi connectivity index (χ0v) is 7.63. The van der Waals surface area contributed by atoms with Crippen molar-refractivity contribution in [2.75, 3.05) is 19.1 Å². The molecule has 0 aromatic carbocycles. The van der Waals surface area contributed by atoms with Gasteiger partial charge < -0.3 is 10.5 Å². The Morgan fingerprint density at radius 2 is 2.40 bits per heavy atom. The molecule has 0 aliphatic rings. The summed E-state index contributed by atoms with van der Waals surface area (Å²) in [6.45, 7) is 0. The second-order valence-corrected chi connectivity index (χ2v) is 4.19. The van der Waals surface area contributed by atoms with Crippen molar-refractivity contribution in [3.8, 4) is 0 Å². The monoisotopic (exact) mass is 181 g/mol. The molecule has 0 bridgehead atoms. The van der Waals surface area contributed by atoms with Crippen LogP contribution >= 0.6 is 21.6 Å². The van der Waals surface area contributed by atoms with Gasteiger partial charge in [0, 0.05) is 5.75 Å². The maximum Gasteiger partial charge on any atom is 0.323 e. The zero-order valence-electron chi connectivity index (χ0n) is 5.99. The topological polar surface area (TPSA) is 52.3 Å². The Bertz CT molecular complexity index is 110. The Morgan fingerprint density at radius 3 is 2.80 bits per heavy atom. The highest BCUT2D eigenvalue weighted by molar-refractivity contribution is 8.76. The molecule has 0 saturated carbocycles. The molecule has 0 rings (SSSR count). The summed E-state index contributed by atoms with van der Waals surface area (Å²) in [5.74, 6) is 0.259. The molecular formula is C5H11NO2S2. The van der Waals surface area contributed by atoms with Gasteiger partial charge >= 0.3 is 5.97 Å². The number of ether oxygens (including phenoxy) is 1. The Hall–Kier alpha value is 0.130. The highest BCUT2D eigenvalue weighted by atomic mass is 33.1. The van der Waals surface area contributed by atoms with Gasteiger partial charge in [0.05, 0.1) is 7.11 Å². The number of hydrogen-bond acceptors (Lipinski definition) is 5. The number of hydrogen-bond donors (Lipinski definition) is 1. The summed E-state index contributed by atoms with van der Waals surface area (Å²) >= 11 is 0. The summed E-state index contributed by atoms with van der Waals surface area (Å²) in [7, 11) is 4.48. The molecule has 5 heteroatoms. The number of nitrogens with two attached hydrogens (primary N) is 1. The Balaban J connectivity index is 3.41. The van der Waals surface area contributed by atoms with E-state index >= 15 is 0 Å². The van der Waals surface area contributed by atoms with E-state index in [-0.39, 0.29) is 5.97 Å². The number of methoxy groups -OCH3 is 1. The van der Waals surface area contributed by atoms with Gasteiger partial charge in [-0.05, 0) is 6.26 Å². The molecular weight excluding hydrogens is 170 g/mol. The lowest BCUT2D eigenvalue weighted by Crippen LogP contribution is -2.33. The Morgan fingerprint density at radius 1 is 1.80 bits per heavy atom. The zero-order chi connectivity index (χ0) is 7.98. The summed E-state index contributed by atoms with van der Waals surface area (Å²) in [5, 5.41) is 0. The highest BCUT2D eigenvalue weighted by Crippen LogP contribution is 2.16. The molecule has 0 aromatic rings. The highest BCUT2D eigenvalue weighted by Gasteiger charge is 2.12. The van der Waals surface area contributed by atoms with Crippen LogP contribution in [0, 0.1) is 0 Å². The molecule has 1 atom stereocenters. The van der Waals surface area contributed by atoms with Gasteiger partial charge in [-0.25, -0.2) is 0 Å². The molecule has 10 heavy (non-hydrogen) atoms. The van der Waals surface area contributed by atoms with E-state index in [0.29, 0.717) is 5.75 Å². The number of esters is 1. The first-order valence-corrected chi connectivity index (χ1v) is 5.44. The number of carbonyl (C=O) groups is 1. The van der Waals surface area contributed by atoms with Crippen LogP contribution in [0.15, 0.2) is 0 Å². The van der Waals surface area contributed by atoms with Crippen LogP contribution in [-0.2, 0) is 9.53 Å².